The van der Waals surface area contributed by atoms with Gasteiger partial charge in [0.25, 0.3) is 5.69 Å². The highest BCUT2D eigenvalue weighted by Crippen LogP contribution is 2.24. The van der Waals surface area contributed by atoms with Gasteiger partial charge in [-0.05, 0) is 55.0 Å². The maximum atomic E-state index is 12.2. The van der Waals surface area contributed by atoms with Gasteiger partial charge in [-0.3, -0.25) is 14.9 Å². The molecule has 1 aliphatic heterocycles. The second-order valence-corrected chi connectivity index (χ2v) is 7.70. The van der Waals surface area contributed by atoms with E-state index in [9.17, 15) is 14.9 Å². The summed E-state index contributed by atoms with van der Waals surface area (Å²) in [5.74, 6) is 0.484. The van der Waals surface area contributed by atoms with E-state index in [0.717, 1.165) is 24.6 Å². The lowest BCUT2D eigenvalue weighted by atomic mass is 9.99. The molecule has 1 aliphatic rings. The zero-order valence-corrected chi connectivity index (χ0v) is 16.9. The molecule has 2 atom stereocenters. The third-order valence-electron chi connectivity index (χ3n) is 5.28. The van der Waals surface area contributed by atoms with Gasteiger partial charge in [-0.2, -0.15) is 0 Å². The van der Waals surface area contributed by atoms with Crippen molar-refractivity contribution in [3.63, 3.8) is 0 Å². The van der Waals surface area contributed by atoms with Crippen LogP contribution in [-0.2, 0) is 4.79 Å². The van der Waals surface area contributed by atoms with Crippen molar-refractivity contribution in [1.29, 1.82) is 0 Å². The van der Waals surface area contributed by atoms with Gasteiger partial charge in [0.15, 0.2) is 0 Å². The van der Waals surface area contributed by atoms with Gasteiger partial charge in [0.1, 0.15) is 0 Å². The number of piperidine rings is 1. The van der Waals surface area contributed by atoms with Gasteiger partial charge in [0.05, 0.1) is 11.0 Å². The molecule has 0 unspecified atom stereocenters. The number of nitro groups is 1. The van der Waals surface area contributed by atoms with Crippen molar-refractivity contribution in [3.8, 4) is 0 Å². The van der Waals surface area contributed by atoms with Crippen molar-refractivity contribution in [1.82, 2.24) is 5.32 Å². The summed E-state index contributed by atoms with van der Waals surface area (Å²) in [4.78, 5) is 25.0. The normalized spacial score (nSPS) is 17.9. The molecule has 152 valence electrons. The molecular weight excluding hydrogens is 366 g/mol. The number of non-ortho nitro benzene ring substituents is 1. The van der Waals surface area contributed by atoms with Gasteiger partial charge in [-0.1, -0.05) is 31.2 Å². The quantitative estimate of drug-likeness (QED) is 0.438. The Balaban J connectivity index is 1.58. The van der Waals surface area contributed by atoms with Gasteiger partial charge in [0.2, 0.25) is 5.91 Å². The van der Waals surface area contributed by atoms with Crippen LogP contribution in [0.4, 0.5) is 11.4 Å². The molecule has 1 fully saturated rings. The first kappa shape index (κ1) is 20.6. The Kier molecular flexibility index (Phi) is 6.65. The maximum Gasteiger partial charge on any atom is 0.270 e. The highest BCUT2D eigenvalue weighted by atomic mass is 16.6. The van der Waals surface area contributed by atoms with Crippen molar-refractivity contribution < 1.29 is 9.72 Å². The molecule has 29 heavy (non-hydrogen) atoms. The van der Waals surface area contributed by atoms with Crippen LogP contribution in [0.5, 0.6) is 0 Å². The van der Waals surface area contributed by atoms with Gasteiger partial charge in [0, 0.05) is 37.0 Å². The maximum absolute atomic E-state index is 12.2. The Morgan fingerprint density at radius 2 is 2.03 bits per heavy atom. The minimum atomic E-state index is -0.451. The number of carbonyl (C=O) groups is 1. The monoisotopic (exact) mass is 393 g/mol. The number of rotatable bonds is 6. The summed E-state index contributed by atoms with van der Waals surface area (Å²) in [5, 5.41) is 13.8. The molecular formula is C23H27N3O3. The van der Waals surface area contributed by atoms with Crippen molar-refractivity contribution in [2.24, 2.45) is 5.92 Å². The molecule has 6 nitrogen and oxygen atoms in total. The van der Waals surface area contributed by atoms with E-state index in [1.54, 1.807) is 18.2 Å². The van der Waals surface area contributed by atoms with E-state index in [2.05, 4.69) is 41.4 Å². The minimum absolute atomic E-state index is 0.00381. The van der Waals surface area contributed by atoms with Crippen molar-refractivity contribution in [2.45, 2.75) is 32.7 Å². The number of nitrogens with zero attached hydrogens (tertiary/aromatic N) is 2. The van der Waals surface area contributed by atoms with Crippen molar-refractivity contribution >= 4 is 23.4 Å². The Bertz CT molecular complexity index is 892. The molecule has 3 rings (SSSR count). The number of amides is 1. The Hall–Kier alpha value is -3.15. The Labute approximate surface area is 171 Å². The van der Waals surface area contributed by atoms with Gasteiger partial charge in [-0.25, -0.2) is 0 Å². The second-order valence-electron chi connectivity index (χ2n) is 7.70. The van der Waals surface area contributed by atoms with Crippen molar-refractivity contribution in [3.05, 3.63) is 75.8 Å². The fraction of sp³-hybridized carbons (Fsp3) is 0.348. The van der Waals surface area contributed by atoms with Crippen LogP contribution in [-0.4, -0.2) is 23.9 Å². The summed E-state index contributed by atoms with van der Waals surface area (Å²) < 4.78 is 0. The van der Waals surface area contributed by atoms with E-state index in [1.807, 2.05) is 6.92 Å². The highest BCUT2D eigenvalue weighted by Gasteiger charge is 2.17. The summed E-state index contributed by atoms with van der Waals surface area (Å²) in [6, 6.07) is 14.4. The van der Waals surface area contributed by atoms with Gasteiger partial charge >= 0.3 is 0 Å². The zero-order valence-electron chi connectivity index (χ0n) is 16.9. The van der Waals surface area contributed by atoms with Crippen LogP contribution >= 0.6 is 0 Å². The molecule has 6 heteroatoms. The Morgan fingerprint density at radius 1 is 1.28 bits per heavy atom. The summed E-state index contributed by atoms with van der Waals surface area (Å²) in [6.07, 6.45) is 5.50. The van der Waals surface area contributed by atoms with E-state index in [4.69, 9.17) is 0 Å². The fourth-order valence-corrected chi connectivity index (χ4v) is 3.66. The fourth-order valence-electron chi connectivity index (χ4n) is 3.66. The van der Waals surface area contributed by atoms with E-state index < -0.39 is 4.92 Å². The topological polar surface area (TPSA) is 75.5 Å². The van der Waals surface area contributed by atoms with Crippen LogP contribution in [0.2, 0.25) is 0 Å². The average molecular weight is 393 g/mol. The van der Waals surface area contributed by atoms with Crippen LogP contribution in [0.1, 0.15) is 43.9 Å². The SMILES string of the molecule is C[C@@H]1CCCN(c2ccc([C@H](C)NC(=O)/C=C/c3cccc([N+](=O)[O-])c3)cc2)C1. The van der Waals surface area contributed by atoms with Crippen LogP contribution < -0.4 is 10.2 Å². The van der Waals surface area contributed by atoms with E-state index in [1.165, 1.54) is 36.7 Å². The number of hydrogen-bond acceptors (Lipinski definition) is 4. The molecule has 2 aromatic carbocycles. The molecule has 1 amide bonds. The molecule has 1 saturated heterocycles. The molecule has 0 aromatic heterocycles. The zero-order chi connectivity index (χ0) is 20.8. The van der Waals surface area contributed by atoms with Crippen LogP contribution in [0, 0.1) is 16.0 Å². The lowest BCUT2D eigenvalue weighted by Crippen LogP contribution is -2.34. The van der Waals surface area contributed by atoms with Gasteiger partial charge < -0.3 is 10.2 Å². The molecule has 1 heterocycles. The van der Waals surface area contributed by atoms with Crippen molar-refractivity contribution in [2.75, 3.05) is 18.0 Å². The average Bonchev–Trinajstić information content (AvgIpc) is 2.72. The number of nitrogens with one attached hydrogen (secondary N) is 1. The first-order valence-electron chi connectivity index (χ1n) is 10.0. The lowest BCUT2D eigenvalue weighted by molar-refractivity contribution is -0.384. The third kappa shape index (κ3) is 5.67. The summed E-state index contributed by atoms with van der Waals surface area (Å²) in [7, 11) is 0. The van der Waals surface area contributed by atoms with E-state index >= 15 is 0 Å². The predicted octanol–water partition coefficient (Wildman–Crippen LogP) is 4.72. The lowest BCUT2D eigenvalue weighted by Gasteiger charge is -2.33. The van der Waals surface area contributed by atoms with Crippen LogP contribution in [0.15, 0.2) is 54.6 Å². The number of benzene rings is 2. The summed E-state index contributed by atoms with van der Waals surface area (Å²) in [6.45, 7) is 6.42. The molecule has 0 spiro atoms. The second kappa shape index (κ2) is 9.37. The van der Waals surface area contributed by atoms with E-state index in [-0.39, 0.29) is 17.6 Å². The standard InChI is InChI=1S/C23H27N3O3/c1-17-5-4-14-25(16-17)21-11-9-20(10-12-21)18(2)24-23(27)13-8-19-6-3-7-22(15-19)26(28)29/h3,6-13,15,17-18H,4-5,14,16H2,1-2H3,(H,24,27)/b13-8+/t17-,18+/m1/s1. The molecule has 0 radical (unpaired) electrons. The highest BCUT2D eigenvalue weighted by molar-refractivity contribution is 5.92. The van der Waals surface area contributed by atoms with Gasteiger partial charge in [-0.15, -0.1) is 0 Å². The first-order valence-corrected chi connectivity index (χ1v) is 10.0. The molecule has 2 aromatic rings. The number of anilines is 1. The molecule has 0 saturated carbocycles. The van der Waals surface area contributed by atoms with Crippen LogP contribution in [0.3, 0.4) is 0 Å². The number of hydrogen-bond donors (Lipinski definition) is 1. The molecule has 0 bridgehead atoms. The smallest absolute Gasteiger partial charge is 0.270 e. The Morgan fingerprint density at radius 3 is 2.72 bits per heavy atom. The largest absolute Gasteiger partial charge is 0.371 e. The number of nitro benzene ring substituents is 1. The first-order chi connectivity index (χ1) is 13.9. The molecule has 0 aliphatic carbocycles. The summed E-state index contributed by atoms with van der Waals surface area (Å²) in [5.41, 5.74) is 2.88. The number of carbonyl (C=O) groups excluding carboxylic acids is 1. The predicted molar refractivity (Wildman–Crippen MR) is 116 cm³/mol. The minimum Gasteiger partial charge on any atom is -0.371 e. The molecule has 1 N–H and O–H groups in total. The van der Waals surface area contributed by atoms with Crippen LogP contribution in [0.25, 0.3) is 6.08 Å². The van der Waals surface area contributed by atoms with E-state index in [0.29, 0.717) is 5.56 Å². The third-order valence-corrected chi connectivity index (χ3v) is 5.28. The summed E-state index contributed by atoms with van der Waals surface area (Å²) >= 11 is 0.